The van der Waals surface area contributed by atoms with E-state index in [-0.39, 0.29) is 0 Å². The third kappa shape index (κ3) is 6.11. The van der Waals surface area contributed by atoms with Gasteiger partial charge in [-0.1, -0.05) is 20.8 Å². The molecular weight excluding hydrogens is 248 g/mol. The SMILES string of the molecule is CCCNC1CC(C)CC(C)C1CN(C)CCOCC. The van der Waals surface area contributed by atoms with Gasteiger partial charge in [0.15, 0.2) is 0 Å². The Morgan fingerprint density at radius 1 is 1.20 bits per heavy atom. The molecule has 1 aliphatic rings. The second-order valence-corrected chi connectivity index (χ2v) is 6.74. The summed E-state index contributed by atoms with van der Waals surface area (Å²) in [5.41, 5.74) is 0. The van der Waals surface area contributed by atoms with Crippen LogP contribution in [0.5, 0.6) is 0 Å². The standard InChI is InChI=1S/C17H36N2O/c1-6-8-18-17-12-14(3)11-15(4)16(17)13-19(5)9-10-20-7-2/h14-18H,6-13H2,1-5H3. The molecule has 120 valence electrons. The van der Waals surface area contributed by atoms with Crippen LogP contribution >= 0.6 is 0 Å². The number of nitrogens with zero attached hydrogens (tertiary/aromatic N) is 1. The molecule has 0 saturated heterocycles. The minimum Gasteiger partial charge on any atom is -0.380 e. The normalized spacial score (nSPS) is 30.9. The van der Waals surface area contributed by atoms with Crippen LogP contribution < -0.4 is 5.32 Å². The lowest BCUT2D eigenvalue weighted by Gasteiger charge is -2.42. The molecule has 4 unspecified atom stereocenters. The Hall–Kier alpha value is -0.120. The van der Waals surface area contributed by atoms with Crippen molar-refractivity contribution in [2.24, 2.45) is 17.8 Å². The molecule has 0 bridgehead atoms. The fourth-order valence-electron chi connectivity index (χ4n) is 3.60. The van der Waals surface area contributed by atoms with Crippen molar-refractivity contribution < 1.29 is 4.74 Å². The van der Waals surface area contributed by atoms with Crippen molar-refractivity contribution in [3.63, 3.8) is 0 Å². The monoisotopic (exact) mass is 284 g/mol. The van der Waals surface area contributed by atoms with Crippen molar-refractivity contribution in [3.8, 4) is 0 Å². The topological polar surface area (TPSA) is 24.5 Å². The van der Waals surface area contributed by atoms with E-state index in [1.54, 1.807) is 0 Å². The maximum atomic E-state index is 5.47. The average Bonchev–Trinajstić information content (AvgIpc) is 2.40. The molecule has 4 atom stereocenters. The Kier molecular flexibility index (Phi) is 8.74. The highest BCUT2D eigenvalue weighted by Gasteiger charge is 2.33. The van der Waals surface area contributed by atoms with Gasteiger partial charge >= 0.3 is 0 Å². The largest absolute Gasteiger partial charge is 0.380 e. The molecule has 0 aliphatic heterocycles. The van der Waals surface area contributed by atoms with Crippen molar-refractivity contribution in [2.75, 3.05) is 39.9 Å². The molecule has 20 heavy (non-hydrogen) atoms. The zero-order chi connectivity index (χ0) is 15.0. The van der Waals surface area contributed by atoms with Crippen LogP contribution in [-0.2, 0) is 4.74 Å². The highest BCUT2D eigenvalue weighted by Crippen LogP contribution is 2.34. The minimum atomic E-state index is 0.697. The van der Waals surface area contributed by atoms with Crippen molar-refractivity contribution in [1.29, 1.82) is 0 Å². The molecule has 0 amide bonds. The molecule has 0 aromatic carbocycles. The van der Waals surface area contributed by atoms with Gasteiger partial charge in [0, 0.05) is 25.7 Å². The Morgan fingerprint density at radius 2 is 1.95 bits per heavy atom. The molecule has 0 aromatic heterocycles. The molecule has 0 spiro atoms. The first-order valence-corrected chi connectivity index (χ1v) is 8.58. The van der Waals surface area contributed by atoms with Gasteiger partial charge in [-0.15, -0.1) is 0 Å². The summed E-state index contributed by atoms with van der Waals surface area (Å²) in [5.74, 6) is 2.47. The first-order chi connectivity index (χ1) is 9.58. The molecular formula is C17H36N2O. The van der Waals surface area contributed by atoms with E-state index in [1.165, 1.54) is 25.8 Å². The molecule has 0 aromatic rings. The van der Waals surface area contributed by atoms with Gasteiger partial charge < -0.3 is 15.0 Å². The minimum absolute atomic E-state index is 0.697. The van der Waals surface area contributed by atoms with Gasteiger partial charge in [-0.3, -0.25) is 0 Å². The molecule has 1 N–H and O–H groups in total. The fraction of sp³-hybridized carbons (Fsp3) is 1.00. The molecule has 1 aliphatic carbocycles. The summed E-state index contributed by atoms with van der Waals surface area (Å²) in [7, 11) is 2.24. The molecule has 1 rings (SSSR count). The third-order valence-electron chi connectivity index (χ3n) is 4.68. The summed E-state index contributed by atoms with van der Waals surface area (Å²) in [5, 5.41) is 3.80. The van der Waals surface area contributed by atoms with E-state index in [2.05, 4.69) is 45.0 Å². The van der Waals surface area contributed by atoms with Crippen LogP contribution in [0.25, 0.3) is 0 Å². The quantitative estimate of drug-likeness (QED) is 0.659. The van der Waals surface area contributed by atoms with E-state index < -0.39 is 0 Å². The zero-order valence-electron chi connectivity index (χ0n) is 14.3. The predicted octanol–water partition coefficient (Wildman–Crippen LogP) is 3.01. The van der Waals surface area contributed by atoms with Crippen LogP contribution in [-0.4, -0.2) is 50.8 Å². The number of nitrogens with one attached hydrogen (secondary N) is 1. The third-order valence-corrected chi connectivity index (χ3v) is 4.68. The summed E-state index contributed by atoms with van der Waals surface area (Å²) in [6.45, 7) is 14.3. The number of likely N-dealkylation sites (N-methyl/N-ethyl adjacent to an activating group) is 1. The fourth-order valence-corrected chi connectivity index (χ4v) is 3.60. The highest BCUT2D eigenvalue weighted by molar-refractivity contribution is 4.89. The van der Waals surface area contributed by atoms with Crippen LogP contribution in [0.15, 0.2) is 0 Å². The summed E-state index contributed by atoms with van der Waals surface area (Å²) >= 11 is 0. The first kappa shape index (κ1) is 17.9. The van der Waals surface area contributed by atoms with Gasteiger partial charge in [-0.05, 0) is 57.5 Å². The maximum Gasteiger partial charge on any atom is 0.0593 e. The second kappa shape index (κ2) is 9.75. The summed E-state index contributed by atoms with van der Waals surface area (Å²) in [6.07, 6.45) is 3.95. The zero-order valence-corrected chi connectivity index (χ0v) is 14.3. The van der Waals surface area contributed by atoms with Crippen LogP contribution in [0.2, 0.25) is 0 Å². The predicted molar refractivity (Wildman–Crippen MR) is 87.1 cm³/mol. The van der Waals surface area contributed by atoms with E-state index in [1.807, 2.05) is 0 Å². The average molecular weight is 284 g/mol. The van der Waals surface area contributed by atoms with E-state index in [0.717, 1.165) is 44.1 Å². The Labute approximate surface area is 126 Å². The van der Waals surface area contributed by atoms with Gasteiger partial charge in [0.2, 0.25) is 0 Å². The van der Waals surface area contributed by atoms with Crippen molar-refractivity contribution >= 4 is 0 Å². The Bertz CT molecular complexity index is 247. The van der Waals surface area contributed by atoms with E-state index in [0.29, 0.717) is 6.04 Å². The second-order valence-electron chi connectivity index (χ2n) is 6.74. The maximum absolute atomic E-state index is 5.47. The van der Waals surface area contributed by atoms with E-state index in [4.69, 9.17) is 4.74 Å². The molecule has 1 saturated carbocycles. The van der Waals surface area contributed by atoms with Crippen molar-refractivity contribution in [3.05, 3.63) is 0 Å². The number of hydrogen-bond acceptors (Lipinski definition) is 3. The van der Waals surface area contributed by atoms with Crippen molar-refractivity contribution in [2.45, 2.75) is 53.0 Å². The summed E-state index contributed by atoms with van der Waals surface area (Å²) in [6, 6.07) is 0.697. The van der Waals surface area contributed by atoms with Crippen LogP contribution in [0, 0.1) is 17.8 Å². The highest BCUT2D eigenvalue weighted by atomic mass is 16.5. The van der Waals surface area contributed by atoms with Crippen molar-refractivity contribution in [1.82, 2.24) is 10.2 Å². The first-order valence-electron chi connectivity index (χ1n) is 8.58. The van der Waals surface area contributed by atoms with Crippen LogP contribution in [0.3, 0.4) is 0 Å². The lowest BCUT2D eigenvalue weighted by atomic mass is 9.72. The van der Waals surface area contributed by atoms with Gasteiger partial charge in [-0.2, -0.15) is 0 Å². The molecule has 3 nitrogen and oxygen atoms in total. The van der Waals surface area contributed by atoms with Gasteiger partial charge in [0.25, 0.3) is 0 Å². The lowest BCUT2D eigenvalue weighted by molar-refractivity contribution is 0.0838. The van der Waals surface area contributed by atoms with Crippen LogP contribution in [0.1, 0.15) is 47.0 Å². The number of ether oxygens (including phenoxy) is 1. The van der Waals surface area contributed by atoms with Gasteiger partial charge in [0.05, 0.1) is 6.61 Å². The number of hydrogen-bond donors (Lipinski definition) is 1. The van der Waals surface area contributed by atoms with Gasteiger partial charge in [0.1, 0.15) is 0 Å². The molecule has 0 heterocycles. The Morgan fingerprint density at radius 3 is 2.60 bits per heavy atom. The molecule has 1 fully saturated rings. The van der Waals surface area contributed by atoms with Gasteiger partial charge in [-0.25, -0.2) is 0 Å². The van der Waals surface area contributed by atoms with E-state index in [9.17, 15) is 0 Å². The van der Waals surface area contributed by atoms with Crippen LogP contribution in [0.4, 0.5) is 0 Å². The smallest absolute Gasteiger partial charge is 0.0593 e. The molecule has 3 heteroatoms. The summed E-state index contributed by atoms with van der Waals surface area (Å²) < 4.78 is 5.47. The van der Waals surface area contributed by atoms with E-state index >= 15 is 0 Å². The Balaban J connectivity index is 2.47. The lowest BCUT2D eigenvalue weighted by Crippen LogP contribution is -2.49. The summed E-state index contributed by atoms with van der Waals surface area (Å²) in [4.78, 5) is 2.45. The molecule has 0 radical (unpaired) electrons. The number of rotatable bonds is 9.